The van der Waals surface area contributed by atoms with E-state index < -0.39 is 0 Å². The van der Waals surface area contributed by atoms with Crippen LogP contribution in [0, 0.1) is 5.92 Å². The van der Waals surface area contributed by atoms with Crippen molar-refractivity contribution in [3.8, 4) is 5.75 Å². The highest BCUT2D eigenvalue weighted by Crippen LogP contribution is 2.30. The van der Waals surface area contributed by atoms with Crippen LogP contribution in [0.2, 0.25) is 0 Å². The molecular weight excluding hydrogens is 376 g/mol. The number of likely N-dealkylation sites (tertiary alicyclic amines) is 1. The molecule has 2 aliphatic rings. The summed E-state index contributed by atoms with van der Waals surface area (Å²) in [5, 5.41) is 3.37. The van der Waals surface area contributed by atoms with Crippen LogP contribution in [-0.2, 0) is 0 Å². The van der Waals surface area contributed by atoms with Gasteiger partial charge in [-0.15, -0.1) is 0 Å². The molecular formula is C24H32N4O2. The first kappa shape index (κ1) is 20.7. The van der Waals surface area contributed by atoms with Gasteiger partial charge in [0.05, 0.1) is 12.2 Å². The summed E-state index contributed by atoms with van der Waals surface area (Å²) in [6, 6.07) is 11.5. The number of hydrogen-bond donors (Lipinski definition) is 1. The lowest BCUT2D eigenvalue weighted by Gasteiger charge is -2.36. The third-order valence-electron chi connectivity index (χ3n) is 6.00. The van der Waals surface area contributed by atoms with E-state index in [1.54, 1.807) is 12.3 Å². The molecule has 160 valence electrons. The molecule has 4 rings (SSSR count). The molecule has 6 nitrogen and oxygen atoms in total. The minimum Gasteiger partial charge on any atom is -0.494 e. The number of hydrogen-bond acceptors (Lipinski definition) is 5. The van der Waals surface area contributed by atoms with Gasteiger partial charge in [0.2, 0.25) is 0 Å². The summed E-state index contributed by atoms with van der Waals surface area (Å²) >= 11 is 0. The normalized spacial score (nSPS) is 21.8. The van der Waals surface area contributed by atoms with Gasteiger partial charge in [-0.05, 0) is 74.5 Å². The number of nitrogens with one attached hydrogen (secondary N) is 1. The van der Waals surface area contributed by atoms with E-state index in [0.29, 0.717) is 18.0 Å². The number of piperidine rings is 1. The molecule has 3 heterocycles. The molecule has 6 heteroatoms. The second-order valence-corrected chi connectivity index (χ2v) is 8.39. The number of rotatable bonds is 7. The molecule has 1 saturated heterocycles. The third kappa shape index (κ3) is 4.59. The van der Waals surface area contributed by atoms with E-state index in [4.69, 9.17) is 4.74 Å². The van der Waals surface area contributed by atoms with Crippen molar-refractivity contribution in [1.29, 1.82) is 0 Å². The fraction of sp³-hybridized carbons (Fsp3) is 0.500. The van der Waals surface area contributed by atoms with Gasteiger partial charge in [-0.3, -0.25) is 9.69 Å². The number of nitrogens with zero attached hydrogens (tertiary/aromatic N) is 3. The van der Waals surface area contributed by atoms with Gasteiger partial charge in [0, 0.05) is 25.0 Å². The monoisotopic (exact) mass is 408 g/mol. The molecule has 1 aromatic carbocycles. The molecule has 1 unspecified atom stereocenters. The van der Waals surface area contributed by atoms with Crippen LogP contribution >= 0.6 is 0 Å². The fourth-order valence-corrected chi connectivity index (χ4v) is 4.44. The Morgan fingerprint density at radius 3 is 2.83 bits per heavy atom. The lowest BCUT2D eigenvalue weighted by molar-refractivity contribution is 0.0974. The first-order valence-corrected chi connectivity index (χ1v) is 11.2. The zero-order valence-electron chi connectivity index (χ0n) is 18.0. The fourth-order valence-electron chi connectivity index (χ4n) is 4.44. The van der Waals surface area contributed by atoms with Gasteiger partial charge >= 0.3 is 0 Å². The number of carbonyl (C=O) groups is 1. The third-order valence-corrected chi connectivity index (χ3v) is 6.00. The molecule has 2 aliphatic heterocycles. The molecule has 0 saturated carbocycles. The molecule has 2 aromatic rings. The van der Waals surface area contributed by atoms with Crippen molar-refractivity contribution in [3.05, 3.63) is 48.2 Å². The van der Waals surface area contributed by atoms with Gasteiger partial charge in [-0.1, -0.05) is 13.8 Å². The minimum atomic E-state index is -0.112. The second-order valence-electron chi connectivity index (χ2n) is 8.39. The van der Waals surface area contributed by atoms with Gasteiger partial charge in [0.1, 0.15) is 17.7 Å². The largest absolute Gasteiger partial charge is 0.494 e. The summed E-state index contributed by atoms with van der Waals surface area (Å²) in [7, 11) is 0. The molecule has 0 bridgehead atoms. The highest BCUT2D eigenvalue weighted by molar-refractivity contribution is 6.11. The number of carbonyl (C=O) groups excluding carboxylic acids is 1. The van der Waals surface area contributed by atoms with E-state index in [1.807, 2.05) is 35.2 Å². The molecule has 1 aromatic heterocycles. The van der Waals surface area contributed by atoms with Crippen molar-refractivity contribution in [3.63, 3.8) is 0 Å². The van der Waals surface area contributed by atoms with Crippen LogP contribution in [-0.4, -0.2) is 48.2 Å². The first-order valence-electron chi connectivity index (χ1n) is 11.2. The van der Waals surface area contributed by atoms with Crippen LogP contribution in [0.4, 0.5) is 11.5 Å². The molecule has 30 heavy (non-hydrogen) atoms. The number of pyridine rings is 1. The zero-order chi connectivity index (χ0) is 20.9. The van der Waals surface area contributed by atoms with Crippen LogP contribution < -0.4 is 15.0 Å². The average molecular weight is 409 g/mol. The number of ether oxygens (including phenoxy) is 1. The lowest BCUT2D eigenvalue weighted by Crippen LogP contribution is -2.49. The van der Waals surface area contributed by atoms with Crippen LogP contribution in [0.15, 0.2) is 42.6 Å². The van der Waals surface area contributed by atoms with Crippen molar-refractivity contribution in [1.82, 2.24) is 9.88 Å². The average Bonchev–Trinajstić information content (AvgIpc) is 2.77. The van der Waals surface area contributed by atoms with Gasteiger partial charge in [0.25, 0.3) is 5.91 Å². The molecule has 0 aliphatic carbocycles. The predicted molar refractivity (Wildman–Crippen MR) is 120 cm³/mol. The maximum atomic E-state index is 13.1. The molecule has 1 amide bonds. The lowest BCUT2D eigenvalue weighted by atomic mass is 10.0. The summed E-state index contributed by atoms with van der Waals surface area (Å²) in [6.07, 6.45) is 6.08. The number of aromatic nitrogens is 1. The maximum Gasteiger partial charge on any atom is 0.263 e. The molecule has 1 N–H and O–H groups in total. The molecule has 1 fully saturated rings. The van der Waals surface area contributed by atoms with Crippen molar-refractivity contribution in [2.45, 2.75) is 45.7 Å². The van der Waals surface area contributed by atoms with Gasteiger partial charge in [-0.25, -0.2) is 4.98 Å². The van der Waals surface area contributed by atoms with Crippen LogP contribution in [0.1, 0.15) is 49.9 Å². The molecule has 2 atom stereocenters. The van der Waals surface area contributed by atoms with Crippen molar-refractivity contribution < 1.29 is 9.53 Å². The smallest absolute Gasteiger partial charge is 0.263 e. The Kier molecular flexibility index (Phi) is 6.53. The van der Waals surface area contributed by atoms with Crippen molar-refractivity contribution in [2.75, 3.05) is 36.5 Å². The number of amides is 1. The first-order chi connectivity index (χ1) is 14.7. The summed E-state index contributed by atoms with van der Waals surface area (Å²) in [6.45, 7) is 8.64. The maximum absolute atomic E-state index is 13.1. The van der Waals surface area contributed by atoms with Crippen LogP contribution in [0.3, 0.4) is 0 Å². The Labute approximate surface area is 179 Å². The molecule has 0 radical (unpaired) electrons. The van der Waals surface area contributed by atoms with Crippen molar-refractivity contribution in [2.24, 2.45) is 5.92 Å². The van der Waals surface area contributed by atoms with E-state index in [-0.39, 0.29) is 12.1 Å². The summed E-state index contributed by atoms with van der Waals surface area (Å²) in [4.78, 5) is 21.7. The van der Waals surface area contributed by atoms with E-state index >= 15 is 0 Å². The number of benzene rings is 1. The topological polar surface area (TPSA) is 57.7 Å². The minimum absolute atomic E-state index is 0.0203. The summed E-state index contributed by atoms with van der Waals surface area (Å²) < 4.78 is 5.95. The highest BCUT2D eigenvalue weighted by Gasteiger charge is 2.32. The Hall–Kier alpha value is -2.60. The Morgan fingerprint density at radius 1 is 1.23 bits per heavy atom. The van der Waals surface area contributed by atoms with Crippen LogP contribution in [0.25, 0.3) is 0 Å². The van der Waals surface area contributed by atoms with Gasteiger partial charge < -0.3 is 15.0 Å². The van der Waals surface area contributed by atoms with E-state index in [9.17, 15) is 4.79 Å². The summed E-state index contributed by atoms with van der Waals surface area (Å²) in [5.74, 6) is 2.30. The van der Waals surface area contributed by atoms with Gasteiger partial charge in [0.15, 0.2) is 0 Å². The Morgan fingerprint density at radius 2 is 2.07 bits per heavy atom. The van der Waals surface area contributed by atoms with Gasteiger partial charge in [-0.2, -0.15) is 0 Å². The highest BCUT2D eigenvalue weighted by atomic mass is 16.5. The number of anilines is 2. The van der Waals surface area contributed by atoms with Crippen LogP contribution in [0.5, 0.6) is 5.75 Å². The quantitative estimate of drug-likeness (QED) is 0.689. The zero-order valence-corrected chi connectivity index (χ0v) is 18.0. The predicted octanol–water partition coefficient (Wildman–Crippen LogP) is 4.39. The van der Waals surface area contributed by atoms with Crippen molar-refractivity contribution >= 4 is 17.4 Å². The second kappa shape index (κ2) is 9.47. The standard InChI is InChI=1S/C24H32N4O2/c1-3-22-26-23-21(8-4-13-25-23)24(29)28(22)19-9-11-20(12-10-19)30-16-6-15-27-14-5-7-18(2)17-27/h4,8-13,18,22H,3,5-7,14-17H2,1-2H3,(H,25,26)/t18-,22?/m0/s1. The number of fused-ring (bicyclic) bond motifs is 1. The van der Waals surface area contributed by atoms with E-state index in [0.717, 1.165) is 36.7 Å². The van der Waals surface area contributed by atoms with E-state index in [2.05, 4.69) is 29.0 Å². The Bertz CT molecular complexity index is 855. The van der Waals surface area contributed by atoms with E-state index in [1.165, 1.54) is 25.9 Å². The molecule has 0 spiro atoms. The summed E-state index contributed by atoms with van der Waals surface area (Å²) in [5.41, 5.74) is 1.47. The Balaban J connectivity index is 1.34. The SMILES string of the molecule is CCC1Nc2ncccc2C(=O)N1c1ccc(OCCCN2CCC[C@H](C)C2)cc1.